The number of ether oxygens (including phenoxy) is 2. The van der Waals surface area contributed by atoms with Crippen molar-refractivity contribution >= 4 is 17.8 Å². The minimum atomic E-state index is -0.583. The van der Waals surface area contributed by atoms with Gasteiger partial charge in [0.05, 0.1) is 25.6 Å². The van der Waals surface area contributed by atoms with E-state index in [1.54, 1.807) is 17.0 Å². The van der Waals surface area contributed by atoms with Crippen LogP contribution in [0, 0.1) is 0 Å². The minimum Gasteiger partial charge on any atom is -0.458 e. The maximum atomic E-state index is 12.8. The molecule has 0 bridgehead atoms. The average Bonchev–Trinajstić information content (AvgIpc) is 3.56. The van der Waals surface area contributed by atoms with E-state index in [2.05, 4.69) is 6.92 Å². The van der Waals surface area contributed by atoms with E-state index in [9.17, 15) is 14.4 Å². The van der Waals surface area contributed by atoms with Gasteiger partial charge in [-0.05, 0) is 30.7 Å². The molecule has 0 N–H and O–H groups in total. The smallest absolute Gasteiger partial charge is 0.374 e. The zero-order valence-electron chi connectivity index (χ0n) is 20.2. The van der Waals surface area contributed by atoms with Crippen molar-refractivity contribution in [3.63, 3.8) is 0 Å². The number of carbonyl (C=O) groups excluding carboxylic acids is 3. The molecule has 1 amide bonds. The second-order valence-electron chi connectivity index (χ2n) is 8.19. The van der Waals surface area contributed by atoms with Gasteiger partial charge in [-0.3, -0.25) is 4.79 Å². The number of carbonyl (C=O) groups is 3. The van der Waals surface area contributed by atoms with Gasteiger partial charge < -0.3 is 23.2 Å². The van der Waals surface area contributed by atoms with Crippen LogP contribution in [0.1, 0.15) is 92.2 Å². The normalized spacial score (nSPS) is 10.7. The van der Waals surface area contributed by atoms with Gasteiger partial charge in [-0.1, -0.05) is 58.3 Å². The van der Waals surface area contributed by atoms with Gasteiger partial charge in [0.25, 0.3) is 0 Å². The van der Waals surface area contributed by atoms with Crippen molar-refractivity contribution in [2.24, 2.45) is 0 Å². The molecule has 0 saturated heterocycles. The lowest BCUT2D eigenvalue weighted by Crippen LogP contribution is -2.37. The number of hydrogen-bond donors (Lipinski definition) is 0. The van der Waals surface area contributed by atoms with Crippen LogP contribution in [-0.2, 0) is 14.3 Å². The highest BCUT2D eigenvalue weighted by Crippen LogP contribution is 2.12. The van der Waals surface area contributed by atoms with Crippen molar-refractivity contribution in [2.45, 2.75) is 71.1 Å². The maximum Gasteiger partial charge on any atom is 0.374 e. The summed E-state index contributed by atoms with van der Waals surface area (Å²) in [5, 5.41) is 0. The van der Waals surface area contributed by atoms with Crippen LogP contribution in [0.4, 0.5) is 0 Å². The first kappa shape index (κ1) is 27.2. The van der Waals surface area contributed by atoms with E-state index in [1.165, 1.54) is 63.2 Å². The Balaban J connectivity index is 1.71. The number of amides is 1. The van der Waals surface area contributed by atoms with Gasteiger partial charge in [-0.25, -0.2) is 9.59 Å². The van der Waals surface area contributed by atoms with Gasteiger partial charge in [-0.2, -0.15) is 0 Å². The molecular weight excluding hydrogens is 438 g/mol. The summed E-state index contributed by atoms with van der Waals surface area (Å²) in [6, 6.07) is 6.24. The van der Waals surface area contributed by atoms with Gasteiger partial charge in [0.1, 0.15) is 13.2 Å². The number of nitrogens with zero attached hydrogens (tertiary/aromatic N) is 1. The van der Waals surface area contributed by atoms with E-state index in [-0.39, 0.29) is 43.7 Å². The molecule has 0 atom stereocenters. The Labute approximate surface area is 201 Å². The first-order valence-corrected chi connectivity index (χ1v) is 12.3. The van der Waals surface area contributed by atoms with E-state index in [0.29, 0.717) is 6.42 Å². The molecule has 2 rings (SSSR count). The molecule has 0 aliphatic carbocycles. The summed E-state index contributed by atoms with van der Waals surface area (Å²) in [7, 11) is 0. The molecule has 0 aliphatic heterocycles. The van der Waals surface area contributed by atoms with E-state index < -0.39 is 11.9 Å². The Morgan fingerprint density at radius 1 is 0.735 bits per heavy atom. The third-order valence-corrected chi connectivity index (χ3v) is 5.48. The van der Waals surface area contributed by atoms with E-state index in [1.807, 2.05) is 0 Å². The molecule has 8 nitrogen and oxygen atoms in total. The SMILES string of the molecule is CCCCCCCCCCCC(=O)N(CCOC(=O)c1ccco1)CCOC(=O)c1ccco1. The van der Waals surface area contributed by atoms with Crippen LogP contribution < -0.4 is 0 Å². The first-order valence-electron chi connectivity index (χ1n) is 12.3. The average molecular weight is 476 g/mol. The summed E-state index contributed by atoms with van der Waals surface area (Å²) in [4.78, 5) is 38.2. The lowest BCUT2D eigenvalue weighted by Gasteiger charge is -2.22. The Bertz CT molecular complexity index is 762. The highest BCUT2D eigenvalue weighted by atomic mass is 16.5. The third-order valence-electron chi connectivity index (χ3n) is 5.48. The van der Waals surface area contributed by atoms with Crippen LogP contribution in [0.2, 0.25) is 0 Å². The Morgan fingerprint density at radius 3 is 1.65 bits per heavy atom. The lowest BCUT2D eigenvalue weighted by molar-refractivity contribution is -0.132. The molecule has 0 aliphatic rings. The van der Waals surface area contributed by atoms with Crippen LogP contribution in [0.25, 0.3) is 0 Å². The van der Waals surface area contributed by atoms with Gasteiger partial charge in [0, 0.05) is 6.42 Å². The Hall–Kier alpha value is -3.03. The summed E-state index contributed by atoms with van der Waals surface area (Å²) in [6.07, 6.45) is 13.7. The van der Waals surface area contributed by atoms with Crippen LogP contribution >= 0.6 is 0 Å². The summed E-state index contributed by atoms with van der Waals surface area (Å²) in [5.74, 6) is -0.993. The highest BCUT2D eigenvalue weighted by molar-refractivity contribution is 5.86. The van der Waals surface area contributed by atoms with Crippen LogP contribution in [-0.4, -0.2) is 49.0 Å². The zero-order valence-corrected chi connectivity index (χ0v) is 20.2. The molecule has 2 aromatic heterocycles. The predicted molar refractivity (Wildman–Crippen MR) is 126 cm³/mol. The summed E-state index contributed by atoms with van der Waals surface area (Å²) < 4.78 is 20.4. The molecular formula is C26H37NO7. The largest absolute Gasteiger partial charge is 0.458 e. The fraction of sp³-hybridized carbons (Fsp3) is 0.577. The summed E-state index contributed by atoms with van der Waals surface area (Å²) in [6.45, 7) is 2.68. The number of hydrogen-bond acceptors (Lipinski definition) is 7. The predicted octanol–water partition coefficient (Wildman–Crippen LogP) is 5.64. The molecule has 0 fully saturated rings. The number of furan rings is 2. The molecule has 0 aromatic carbocycles. The molecule has 0 saturated carbocycles. The first-order chi connectivity index (χ1) is 16.6. The van der Waals surface area contributed by atoms with Crippen molar-refractivity contribution in [3.05, 3.63) is 48.3 Å². The fourth-order valence-corrected chi connectivity index (χ4v) is 3.53. The molecule has 2 aromatic rings. The molecule has 0 radical (unpaired) electrons. The molecule has 8 heteroatoms. The number of rotatable bonds is 18. The molecule has 2 heterocycles. The van der Waals surface area contributed by atoms with Gasteiger partial charge in [0.2, 0.25) is 17.4 Å². The second-order valence-corrected chi connectivity index (χ2v) is 8.19. The molecule has 188 valence electrons. The quantitative estimate of drug-likeness (QED) is 0.203. The van der Waals surface area contributed by atoms with Gasteiger partial charge in [-0.15, -0.1) is 0 Å². The van der Waals surface area contributed by atoms with Crippen molar-refractivity contribution in [1.29, 1.82) is 0 Å². The summed E-state index contributed by atoms with van der Waals surface area (Å²) in [5.41, 5.74) is 0. The Kier molecular flexibility index (Phi) is 13.3. The van der Waals surface area contributed by atoms with Crippen molar-refractivity contribution < 1.29 is 32.7 Å². The summed E-state index contributed by atoms with van der Waals surface area (Å²) >= 11 is 0. The topological polar surface area (TPSA) is 99.2 Å². The van der Waals surface area contributed by atoms with Crippen molar-refractivity contribution in [2.75, 3.05) is 26.3 Å². The van der Waals surface area contributed by atoms with E-state index in [0.717, 1.165) is 19.3 Å². The van der Waals surface area contributed by atoms with E-state index >= 15 is 0 Å². The second kappa shape index (κ2) is 16.6. The van der Waals surface area contributed by atoms with Crippen molar-refractivity contribution in [1.82, 2.24) is 4.90 Å². The number of unbranched alkanes of at least 4 members (excludes halogenated alkanes) is 8. The molecule has 0 unspecified atom stereocenters. The molecule has 0 spiro atoms. The molecule has 34 heavy (non-hydrogen) atoms. The third kappa shape index (κ3) is 10.7. The van der Waals surface area contributed by atoms with Crippen molar-refractivity contribution in [3.8, 4) is 0 Å². The van der Waals surface area contributed by atoms with Gasteiger partial charge >= 0.3 is 11.9 Å². The lowest BCUT2D eigenvalue weighted by atomic mass is 10.1. The van der Waals surface area contributed by atoms with Crippen LogP contribution in [0.5, 0.6) is 0 Å². The van der Waals surface area contributed by atoms with E-state index in [4.69, 9.17) is 18.3 Å². The highest BCUT2D eigenvalue weighted by Gasteiger charge is 2.17. The monoisotopic (exact) mass is 475 g/mol. The fourth-order valence-electron chi connectivity index (χ4n) is 3.53. The number of esters is 2. The minimum absolute atomic E-state index is 0.0230. The van der Waals surface area contributed by atoms with Crippen LogP contribution in [0.3, 0.4) is 0 Å². The standard InChI is InChI=1S/C26H37NO7/c1-2-3-4-5-6-7-8-9-10-15-24(28)27(16-20-33-25(29)22-13-11-18-31-22)17-21-34-26(30)23-14-12-19-32-23/h11-14,18-19H,2-10,15-17,20-21H2,1H3. The van der Waals surface area contributed by atoms with Gasteiger partial charge in [0.15, 0.2) is 0 Å². The maximum absolute atomic E-state index is 12.8. The Morgan fingerprint density at radius 2 is 1.21 bits per heavy atom. The van der Waals surface area contributed by atoms with Crippen LogP contribution in [0.15, 0.2) is 45.6 Å². The zero-order chi connectivity index (χ0) is 24.4.